The summed E-state index contributed by atoms with van der Waals surface area (Å²) in [7, 11) is 0. The maximum absolute atomic E-state index is 11.7. The van der Waals surface area contributed by atoms with Crippen LogP contribution in [0.15, 0.2) is 0 Å². The average molecular weight is 153 g/mol. The van der Waals surface area contributed by atoms with Gasteiger partial charge >= 0.3 is 0 Å². The van der Waals surface area contributed by atoms with Crippen LogP contribution >= 0.6 is 0 Å². The second kappa shape index (κ2) is 3.83. The first-order chi connectivity index (χ1) is 4.46. The number of rotatable bonds is 3. The Hall–Kier alpha value is -0.220. The van der Waals surface area contributed by atoms with Crippen LogP contribution in [0.2, 0.25) is 0 Å². The fourth-order valence-corrected chi connectivity index (χ4v) is 0.562. The zero-order chi connectivity index (χ0) is 8.31. The van der Waals surface area contributed by atoms with Gasteiger partial charge in [0.25, 0.3) is 6.43 Å². The molecular weight excluding hydrogens is 140 g/mol. The highest BCUT2D eigenvalue weighted by Gasteiger charge is 2.26. The summed E-state index contributed by atoms with van der Waals surface area (Å²) in [6, 6.07) is -0.833. The molecule has 62 valence electrons. The maximum Gasteiger partial charge on any atom is 0.265 e. The molecule has 0 amide bonds. The van der Waals surface area contributed by atoms with Crippen LogP contribution in [0.5, 0.6) is 0 Å². The second-order valence-corrected chi connectivity index (χ2v) is 2.65. The lowest BCUT2D eigenvalue weighted by Crippen LogP contribution is -2.43. The van der Waals surface area contributed by atoms with E-state index in [4.69, 9.17) is 10.8 Å². The fourth-order valence-electron chi connectivity index (χ4n) is 0.562. The first kappa shape index (κ1) is 9.78. The van der Waals surface area contributed by atoms with Crippen molar-refractivity contribution in [2.75, 3.05) is 0 Å². The standard InChI is InChI=1S/C6H13F2NO/c1-3(2)4(9)5(10)6(7)8/h3-6,10H,9H2,1-2H3. The van der Waals surface area contributed by atoms with E-state index in [1.165, 1.54) is 0 Å². The molecule has 0 aromatic carbocycles. The van der Waals surface area contributed by atoms with Gasteiger partial charge in [-0.05, 0) is 5.92 Å². The summed E-state index contributed by atoms with van der Waals surface area (Å²) in [5, 5.41) is 8.69. The molecule has 0 aliphatic heterocycles. The number of hydrogen-bond donors (Lipinski definition) is 2. The third kappa shape index (κ3) is 2.58. The summed E-state index contributed by atoms with van der Waals surface area (Å²) in [6.07, 6.45) is -4.43. The Bertz CT molecular complexity index is 85.7. The molecule has 0 bridgehead atoms. The first-order valence-corrected chi connectivity index (χ1v) is 3.18. The van der Waals surface area contributed by atoms with Gasteiger partial charge in [-0.3, -0.25) is 0 Å². The van der Waals surface area contributed by atoms with Crippen LogP contribution in [0.4, 0.5) is 8.78 Å². The molecule has 4 heteroatoms. The topological polar surface area (TPSA) is 46.2 Å². The molecule has 0 spiro atoms. The summed E-state index contributed by atoms with van der Waals surface area (Å²) < 4.78 is 23.4. The minimum atomic E-state index is -2.74. The maximum atomic E-state index is 11.7. The van der Waals surface area contributed by atoms with E-state index in [2.05, 4.69) is 0 Å². The highest BCUT2D eigenvalue weighted by Crippen LogP contribution is 2.10. The van der Waals surface area contributed by atoms with Crippen LogP contribution in [-0.4, -0.2) is 23.7 Å². The van der Waals surface area contributed by atoms with E-state index in [-0.39, 0.29) is 5.92 Å². The first-order valence-electron chi connectivity index (χ1n) is 3.18. The predicted octanol–water partition coefficient (Wildman–Crippen LogP) is 0.596. The molecule has 0 rings (SSSR count). The predicted molar refractivity (Wildman–Crippen MR) is 34.8 cm³/mol. The molecule has 0 aliphatic rings. The van der Waals surface area contributed by atoms with E-state index in [0.717, 1.165) is 0 Å². The van der Waals surface area contributed by atoms with Crippen LogP contribution in [-0.2, 0) is 0 Å². The summed E-state index contributed by atoms with van der Waals surface area (Å²) in [5.74, 6) is -0.121. The molecule has 2 unspecified atom stereocenters. The van der Waals surface area contributed by atoms with E-state index in [1.807, 2.05) is 0 Å². The van der Waals surface area contributed by atoms with Gasteiger partial charge in [-0.1, -0.05) is 13.8 Å². The number of hydrogen-bond acceptors (Lipinski definition) is 2. The molecule has 0 aromatic heterocycles. The molecular formula is C6H13F2NO. The summed E-state index contributed by atoms with van der Waals surface area (Å²) >= 11 is 0. The lowest BCUT2D eigenvalue weighted by molar-refractivity contribution is -0.0266. The molecule has 0 fully saturated rings. The third-order valence-corrected chi connectivity index (χ3v) is 1.42. The van der Waals surface area contributed by atoms with E-state index in [0.29, 0.717) is 0 Å². The van der Waals surface area contributed by atoms with Crippen molar-refractivity contribution in [3.63, 3.8) is 0 Å². The number of aliphatic hydroxyl groups is 1. The zero-order valence-corrected chi connectivity index (χ0v) is 6.09. The number of aliphatic hydroxyl groups excluding tert-OH is 1. The molecule has 2 atom stereocenters. The van der Waals surface area contributed by atoms with Gasteiger partial charge in [0, 0.05) is 6.04 Å². The Morgan fingerprint density at radius 3 is 1.80 bits per heavy atom. The van der Waals surface area contributed by atoms with Gasteiger partial charge in [0.15, 0.2) is 0 Å². The molecule has 0 saturated heterocycles. The second-order valence-electron chi connectivity index (χ2n) is 2.65. The normalized spacial score (nSPS) is 18.0. The smallest absolute Gasteiger partial charge is 0.265 e. The van der Waals surface area contributed by atoms with Crippen LogP contribution < -0.4 is 5.73 Å². The molecule has 3 N–H and O–H groups in total. The minimum Gasteiger partial charge on any atom is -0.386 e. The van der Waals surface area contributed by atoms with E-state index >= 15 is 0 Å². The molecule has 10 heavy (non-hydrogen) atoms. The fraction of sp³-hybridized carbons (Fsp3) is 1.00. The Morgan fingerprint density at radius 2 is 1.70 bits per heavy atom. The van der Waals surface area contributed by atoms with Crippen molar-refractivity contribution in [2.45, 2.75) is 32.4 Å². The molecule has 2 nitrogen and oxygen atoms in total. The van der Waals surface area contributed by atoms with Gasteiger partial charge < -0.3 is 10.8 Å². The van der Waals surface area contributed by atoms with Gasteiger partial charge in [0.1, 0.15) is 6.10 Å². The quantitative estimate of drug-likeness (QED) is 0.623. The minimum absolute atomic E-state index is 0.121. The van der Waals surface area contributed by atoms with Crippen molar-refractivity contribution < 1.29 is 13.9 Å². The van der Waals surface area contributed by atoms with Crippen LogP contribution in [0.25, 0.3) is 0 Å². The van der Waals surface area contributed by atoms with Crippen LogP contribution in [0.1, 0.15) is 13.8 Å². The van der Waals surface area contributed by atoms with Crippen molar-refractivity contribution in [2.24, 2.45) is 11.7 Å². The third-order valence-electron chi connectivity index (χ3n) is 1.42. The summed E-state index contributed by atoms with van der Waals surface area (Å²) in [5.41, 5.74) is 5.23. The van der Waals surface area contributed by atoms with Crippen molar-refractivity contribution in [3.05, 3.63) is 0 Å². The van der Waals surface area contributed by atoms with Crippen molar-refractivity contribution in [1.29, 1.82) is 0 Å². The molecule has 0 heterocycles. The highest BCUT2D eigenvalue weighted by atomic mass is 19.3. The van der Waals surface area contributed by atoms with E-state index in [1.54, 1.807) is 13.8 Å². The SMILES string of the molecule is CC(C)C(N)C(O)C(F)F. The number of nitrogens with two attached hydrogens (primary N) is 1. The van der Waals surface area contributed by atoms with Crippen molar-refractivity contribution in [3.8, 4) is 0 Å². The Balaban J connectivity index is 3.81. The zero-order valence-electron chi connectivity index (χ0n) is 6.09. The van der Waals surface area contributed by atoms with Crippen molar-refractivity contribution >= 4 is 0 Å². The van der Waals surface area contributed by atoms with Crippen molar-refractivity contribution in [1.82, 2.24) is 0 Å². The van der Waals surface area contributed by atoms with Gasteiger partial charge in [-0.2, -0.15) is 0 Å². The largest absolute Gasteiger partial charge is 0.386 e. The molecule has 0 radical (unpaired) electrons. The monoisotopic (exact) mass is 153 g/mol. The Labute approximate surface area is 59.0 Å². The van der Waals surface area contributed by atoms with Gasteiger partial charge in [-0.15, -0.1) is 0 Å². The highest BCUT2D eigenvalue weighted by molar-refractivity contribution is 4.76. The van der Waals surface area contributed by atoms with Gasteiger partial charge in [-0.25, -0.2) is 8.78 Å². The molecule has 0 saturated carbocycles. The van der Waals surface area contributed by atoms with Gasteiger partial charge in [0.2, 0.25) is 0 Å². The number of alkyl halides is 2. The van der Waals surface area contributed by atoms with Gasteiger partial charge in [0.05, 0.1) is 0 Å². The Morgan fingerprint density at radius 1 is 1.30 bits per heavy atom. The Kier molecular flexibility index (Phi) is 3.75. The number of halogens is 2. The van der Waals surface area contributed by atoms with E-state index in [9.17, 15) is 8.78 Å². The average Bonchev–Trinajstić information content (AvgIpc) is 1.84. The lowest BCUT2D eigenvalue weighted by Gasteiger charge is -2.20. The lowest BCUT2D eigenvalue weighted by atomic mass is 10.0. The van der Waals surface area contributed by atoms with E-state index < -0.39 is 18.6 Å². The summed E-state index contributed by atoms with van der Waals surface area (Å²) in [4.78, 5) is 0. The summed E-state index contributed by atoms with van der Waals surface area (Å²) in [6.45, 7) is 3.38. The molecule has 0 aromatic rings. The van der Waals surface area contributed by atoms with Crippen LogP contribution in [0.3, 0.4) is 0 Å². The molecule has 0 aliphatic carbocycles. The van der Waals surface area contributed by atoms with Crippen LogP contribution in [0, 0.1) is 5.92 Å².